The number of rotatable bonds is 9. The summed E-state index contributed by atoms with van der Waals surface area (Å²) in [6, 6.07) is 9.59. The van der Waals surface area contributed by atoms with Crippen LogP contribution in [0.1, 0.15) is 43.6 Å². The summed E-state index contributed by atoms with van der Waals surface area (Å²) in [5.74, 6) is -0.534. The van der Waals surface area contributed by atoms with Crippen molar-refractivity contribution < 1.29 is 9.59 Å². The molecule has 4 N–H and O–H groups in total. The molecular formula is C15H23N3O2. The van der Waals surface area contributed by atoms with Gasteiger partial charge in [0.25, 0.3) is 0 Å². The highest BCUT2D eigenvalue weighted by Gasteiger charge is 2.16. The molecule has 1 unspecified atom stereocenters. The van der Waals surface area contributed by atoms with Gasteiger partial charge < -0.3 is 5.73 Å². The molecule has 0 aliphatic rings. The first kappa shape index (κ1) is 16.2. The zero-order chi connectivity index (χ0) is 14.8. The van der Waals surface area contributed by atoms with Gasteiger partial charge in [-0.15, -0.1) is 0 Å². The number of hydrogen-bond acceptors (Lipinski definition) is 3. The molecular weight excluding hydrogens is 254 g/mol. The Labute approximate surface area is 119 Å². The number of nitrogens with two attached hydrogens (primary N) is 1. The van der Waals surface area contributed by atoms with Crippen LogP contribution in [0.5, 0.6) is 0 Å². The van der Waals surface area contributed by atoms with Gasteiger partial charge in [-0.2, -0.15) is 0 Å². The van der Waals surface area contributed by atoms with E-state index in [2.05, 4.69) is 10.9 Å². The van der Waals surface area contributed by atoms with E-state index in [4.69, 9.17) is 5.73 Å². The average molecular weight is 277 g/mol. The first-order valence-corrected chi connectivity index (χ1v) is 6.95. The molecule has 20 heavy (non-hydrogen) atoms. The molecule has 0 saturated carbocycles. The second kappa shape index (κ2) is 9.09. The SMILES string of the molecule is CNNC(=O)CCCCCC(C(N)=O)c1ccccc1. The fourth-order valence-corrected chi connectivity index (χ4v) is 2.17. The van der Waals surface area contributed by atoms with E-state index in [0.717, 1.165) is 31.2 Å². The van der Waals surface area contributed by atoms with Crippen molar-refractivity contribution in [1.29, 1.82) is 0 Å². The fourth-order valence-electron chi connectivity index (χ4n) is 2.17. The van der Waals surface area contributed by atoms with Gasteiger partial charge in [-0.1, -0.05) is 43.2 Å². The van der Waals surface area contributed by atoms with Crippen LogP contribution in [0.4, 0.5) is 0 Å². The predicted octanol–water partition coefficient (Wildman–Crippen LogP) is 1.46. The lowest BCUT2D eigenvalue weighted by molar-refractivity contribution is -0.122. The van der Waals surface area contributed by atoms with Crippen molar-refractivity contribution in [3.63, 3.8) is 0 Å². The number of primary amides is 1. The van der Waals surface area contributed by atoms with E-state index in [-0.39, 0.29) is 17.7 Å². The Balaban J connectivity index is 2.31. The molecule has 5 nitrogen and oxygen atoms in total. The van der Waals surface area contributed by atoms with E-state index >= 15 is 0 Å². The monoisotopic (exact) mass is 277 g/mol. The molecule has 0 bridgehead atoms. The van der Waals surface area contributed by atoms with Gasteiger partial charge in [-0.05, 0) is 18.4 Å². The summed E-state index contributed by atoms with van der Waals surface area (Å²) in [4.78, 5) is 22.7. The molecule has 0 aliphatic heterocycles. The predicted molar refractivity (Wildman–Crippen MR) is 78.7 cm³/mol. The molecule has 2 amide bonds. The van der Waals surface area contributed by atoms with Gasteiger partial charge in [-0.25, -0.2) is 5.43 Å². The van der Waals surface area contributed by atoms with Crippen LogP contribution in [-0.4, -0.2) is 18.9 Å². The maximum absolute atomic E-state index is 11.5. The summed E-state index contributed by atoms with van der Waals surface area (Å²) in [7, 11) is 1.66. The van der Waals surface area contributed by atoms with E-state index < -0.39 is 0 Å². The van der Waals surface area contributed by atoms with Crippen molar-refractivity contribution in [2.24, 2.45) is 5.73 Å². The summed E-state index contributed by atoms with van der Waals surface area (Å²) >= 11 is 0. The van der Waals surface area contributed by atoms with Crippen LogP contribution in [0.15, 0.2) is 30.3 Å². The summed E-state index contributed by atoms with van der Waals surface area (Å²) in [6.45, 7) is 0. The smallest absolute Gasteiger partial charge is 0.234 e. The van der Waals surface area contributed by atoms with Crippen LogP contribution in [0.3, 0.4) is 0 Å². The van der Waals surface area contributed by atoms with E-state index in [1.807, 2.05) is 30.3 Å². The Kier molecular flexibility index (Phi) is 7.35. The number of carbonyl (C=O) groups is 2. The highest BCUT2D eigenvalue weighted by Crippen LogP contribution is 2.22. The third-order valence-electron chi connectivity index (χ3n) is 3.21. The third-order valence-corrected chi connectivity index (χ3v) is 3.21. The second-order valence-corrected chi connectivity index (χ2v) is 4.76. The van der Waals surface area contributed by atoms with Crippen LogP contribution >= 0.6 is 0 Å². The lowest BCUT2D eigenvalue weighted by Crippen LogP contribution is -2.33. The third kappa shape index (κ3) is 5.84. The molecule has 1 aromatic rings. The van der Waals surface area contributed by atoms with Gasteiger partial charge >= 0.3 is 0 Å². The molecule has 0 aromatic heterocycles. The highest BCUT2D eigenvalue weighted by atomic mass is 16.2. The molecule has 0 radical (unpaired) electrons. The van der Waals surface area contributed by atoms with Gasteiger partial charge in [0.05, 0.1) is 5.92 Å². The maximum Gasteiger partial charge on any atom is 0.234 e. The van der Waals surface area contributed by atoms with Gasteiger partial charge in [0, 0.05) is 13.5 Å². The van der Waals surface area contributed by atoms with Gasteiger partial charge in [0.15, 0.2) is 0 Å². The highest BCUT2D eigenvalue weighted by molar-refractivity contribution is 5.81. The van der Waals surface area contributed by atoms with E-state index in [1.165, 1.54) is 0 Å². The van der Waals surface area contributed by atoms with Crippen LogP contribution in [-0.2, 0) is 9.59 Å². The van der Waals surface area contributed by atoms with Crippen molar-refractivity contribution >= 4 is 11.8 Å². The zero-order valence-electron chi connectivity index (χ0n) is 11.9. The van der Waals surface area contributed by atoms with Crippen molar-refractivity contribution in [2.45, 2.75) is 38.0 Å². The molecule has 0 fully saturated rings. The summed E-state index contributed by atoms with van der Waals surface area (Å²) in [5.41, 5.74) is 11.6. The van der Waals surface area contributed by atoms with Crippen molar-refractivity contribution in [2.75, 3.05) is 7.05 Å². The summed E-state index contributed by atoms with van der Waals surface area (Å²) < 4.78 is 0. The van der Waals surface area contributed by atoms with Crippen molar-refractivity contribution in [1.82, 2.24) is 10.9 Å². The van der Waals surface area contributed by atoms with Crippen LogP contribution in [0, 0.1) is 0 Å². The molecule has 1 atom stereocenters. The lowest BCUT2D eigenvalue weighted by atomic mass is 9.92. The van der Waals surface area contributed by atoms with Crippen LogP contribution < -0.4 is 16.6 Å². The second-order valence-electron chi connectivity index (χ2n) is 4.76. The normalized spacial score (nSPS) is 11.8. The standard InChI is InChI=1S/C15H23N3O2/c1-17-18-14(19)11-7-3-6-10-13(15(16)20)12-8-4-2-5-9-12/h2,4-5,8-9,13,17H,3,6-7,10-11H2,1H3,(H2,16,20)(H,18,19). The van der Waals surface area contributed by atoms with E-state index in [0.29, 0.717) is 6.42 Å². The minimum atomic E-state index is -0.288. The first-order chi connectivity index (χ1) is 9.65. The molecule has 1 aromatic carbocycles. The fraction of sp³-hybridized carbons (Fsp3) is 0.467. The number of benzene rings is 1. The molecule has 0 heterocycles. The van der Waals surface area contributed by atoms with E-state index in [9.17, 15) is 9.59 Å². The number of carbonyl (C=O) groups excluding carboxylic acids is 2. The average Bonchev–Trinajstić information content (AvgIpc) is 2.43. The molecule has 0 spiro atoms. The van der Waals surface area contributed by atoms with Crippen molar-refractivity contribution in [3.05, 3.63) is 35.9 Å². The Hall–Kier alpha value is -1.88. The topological polar surface area (TPSA) is 84.2 Å². The van der Waals surface area contributed by atoms with Crippen LogP contribution in [0.2, 0.25) is 0 Å². The van der Waals surface area contributed by atoms with Crippen LogP contribution in [0.25, 0.3) is 0 Å². The molecule has 1 rings (SSSR count). The molecule has 110 valence electrons. The molecule has 5 heteroatoms. The maximum atomic E-state index is 11.5. The quantitative estimate of drug-likeness (QED) is 0.472. The van der Waals surface area contributed by atoms with Crippen molar-refractivity contribution in [3.8, 4) is 0 Å². The number of amides is 2. The lowest BCUT2D eigenvalue weighted by Gasteiger charge is -2.13. The molecule has 0 aliphatic carbocycles. The number of hydrazine groups is 1. The Morgan fingerprint density at radius 2 is 1.85 bits per heavy atom. The summed E-state index contributed by atoms with van der Waals surface area (Å²) in [6.07, 6.45) is 3.83. The summed E-state index contributed by atoms with van der Waals surface area (Å²) in [5, 5.41) is 0. The number of nitrogens with one attached hydrogen (secondary N) is 2. The minimum absolute atomic E-state index is 0.0120. The number of hydrogen-bond donors (Lipinski definition) is 3. The number of unbranched alkanes of at least 4 members (excludes halogenated alkanes) is 2. The minimum Gasteiger partial charge on any atom is -0.369 e. The van der Waals surface area contributed by atoms with Gasteiger partial charge in [-0.3, -0.25) is 15.0 Å². The van der Waals surface area contributed by atoms with Gasteiger partial charge in [0.2, 0.25) is 11.8 Å². The Morgan fingerprint density at radius 1 is 1.15 bits per heavy atom. The largest absolute Gasteiger partial charge is 0.369 e. The molecule has 0 saturated heterocycles. The Bertz CT molecular complexity index is 420. The first-order valence-electron chi connectivity index (χ1n) is 6.95. The zero-order valence-corrected chi connectivity index (χ0v) is 11.9. The van der Waals surface area contributed by atoms with E-state index in [1.54, 1.807) is 7.05 Å². The Morgan fingerprint density at radius 3 is 2.45 bits per heavy atom. The van der Waals surface area contributed by atoms with Gasteiger partial charge in [0.1, 0.15) is 0 Å².